The fraction of sp³-hybridized carbons (Fsp3) is 0.692. The van der Waals surface area contributed by atoms with E-state index in [1.807, 2.05) is 0 Å². The molecule has 0 bridgehead atoms. The second kappa shape index (κ2) is 8.00. The highest BCUT2D eigenvalue weighted by atomic mass is 16.3. The standard InChI is InChI=1S/C13H24N4O/c1-4-5-14-13-9-15-12(8-16-13)10-17(6-7-18)11(2)3/h8-9,11,18H,4-7,10H2,1-3H3,(H,14,16). The van der Waals surface area contributed by atoms with Crippen molar-refractivity contribution in [3.05, 3.63) is 18.1 Å². The van der Waals surface area contributed by atoms with Crippen molar-refractivity contribution in [1.29, 1.82) is 0 Å². The lowest BCUT2D eigenvalue weighted by molar-refractivity contribution is 0.157. The first-order valence-corrected chi connectivity index (χ1v) is 6.57. The van der Waals surface area contributed by atoms with Gasteiger partial charge in [0.05, 0.1) is 24.7 Å². The topological polar surface area (TPSA) is 61.3 Å². The van der Waals surface area contributed by atoms with Gasteiger partial charge in [-0.15, -0.1) is 0 Å². The number of aliphatic hydroxyl groups is 1. The summed E-state index contributed by atoms with van der Waals surface area (Å²) in [5.74, 6) is 0.818. The Kier molecular flexibility index (Phi) is 6.60. The van der Waals surface area contributed by atoms with Crippen molar-refractivity contribution in [2.24, 2.45) is 0 Å². The molecule has 1 heterocycles. The van der Waals surface area contributed by atoms with E-state index < -0.39 is 0 Å². The second-order valence-corrected chi connectivity index (χ2v) is 4.61. The maximum absolute atomic E-state index is 9.02. The predicted octanol–water partition coefficient (Wildman–Crippen LogP) is 1.50. The number of rotatable bonds is 8. The summed E-state index contributed by atoms with van der Waals surface area (Å²) in [6.07, 6.45) is 4.63. The fourth-order valence-electron chi connectivity index (χ4n) is 1.64. The Morgan fingerprint density at radius 1 is 1.33 bits per heavy atom. The van der Waals surface area contributed by atoms with Crippen molar-refractivity contribution >= 4 is 5.82 Å². The maximum atomic E-state index is 9.02. The molecule has 0 aliphatic carbocycles. The molecule has 18 heavy (non-hydrogen) atoms. The zero-order valence-corrected chi connectivity index (χ0v) is 11.6. The van der Waals surface area contributed by atoms with Gasteiger partial charge in [-0.1, -0.05) is 6.92 Å². The van der Waals surface area contributed by atoms with Crippen LogP contribution in [0.2, 0.25) is 0 Å². The fourth-order valence-corrected chi connectivity index (χ4v) is 1.64. The van der Waals surface area contributed by atoms with Gasteiger partial charge in [-0.05, 0) is 20.3 Å². The number of hydrogen-bond donors (Lipinski definition) is 2. The third-order valence-electron chi connectivity index (χ3n) is 2.74. The quantitative estimate of drug-likeness (QED) is 0.734. The summed E-state index contributed by atoms with van der Waals surface area (Å²) in [5.41, 5.74) is 0.930. The molecule has 1 rings (SSSR count). The minimum Gasteiger partial charge on any atom is -0.395 e. The van der Waals surface area contributed by atoms with Gasteiger partial charge in [0.15, 0.2) is 0 Å². The first kappa shape index (κ1) is 14.9. The molecule has 5 nitrogen and oxygen atoms in total. The van der Waals surface area contributed by atoms with Gasteiger partial charge < -0.3 is 10.4 Å². The SMILES string of the molecule is CCCNc1cnc(CN(CCO)C(C)C)cn1. The maximum Gasteiger partial charge on any atom is 0.144 e. The molecule has 102 valence electrons. The third kappa shape index (κ3) is 4.98. The van der Waals surface area contributed by atoms with E-state index in [1.165, 1.54) is 0 Å². The molecule has 0 unspecified atom stereocenters. The van der Waals surface area contributed by atoms with Crippen LogP contribution in [-0.2, 0) is 6.54 Å². The molecule has 0 saturated carbocycles. The number of hydrogen-bond acceptors (Lipinski definition) is 5. The lowest BCUT2D eigenvalue weighted by atomic mass is 10.3. The summed E-state index contributed by atoms with van der Waals surface area (Å²) >= 11 is 0. The van der Waals surface area contributed by atoms with Gasteiger partial charge >= 0.3 is 0 Å². The van der Waals surface area contributed by atoms with Crippen molar-refractivity contribution in [2.75, 3.05) is 25.0 Å². The van der Waals surface area contributed by atoms with Crippen LogP contribution in [0.15, 0.2) is 12.4 Å². The molecule has 0 spiro atoms. The number of aromatic nitrogens is 2. The Balaban J connectivity index is 2.55. The summed E-state index contributed by atoms with van der Waals surface area (Å²) in [6, 6.07) is 0.386. The Morgan fingerprint density at radius 2 is 2.11 bits per heavy atom. The highest BCUT2D eigenvalue weighted by molar-refractivity contribution is 5.30. The van der Waals surface area contributed by atoms with E-state index in [0.717, 1.165) is 31.0 Å². The second-order valence-electron chi connectivity index (χ2n) is 4.61. The Bertz CT molecular complexity index is 326. The zero-order chi connectivity index (χ0) is 13.4. The lowest BCUT2D eigenvalue weighted by Crippen LogP contribution is -2.33. The molecule has 0 atom stereocenters. The summed E-state index contributed by atoms with van der Waals surface area (Å²) in [4.78, 5) is 10.9. The van der Waals surface area contributed by atoms with E-state index in [9.17, 15) is 0 Å². The number of nitrogens with zero attached hydrogens (tertiary/aromatic N) is 3. The predicted molar refractivity (Wildman–Crippen MR) is 73.4 cm³/mol. The van der Waals surface area contributed by atoms with E-state index in [-0.39, 0.29) is 6.61 Å². The molecule has 0 saturated heterocycles. The number of anilines is 1. The van der Waals surface area contributed by atoms with Crippen molar-refractivity contribution in [1.82, 2.24) is 14.9 Å². The minimum atomic E-state index is 0.168. The zero-order valence-electron chi connectivity index (χ0n) is 11.6. The minimum absolute atomic E-state index is 0.168. The first-order chi connectivity index (χ1) is 8.67. The molecule has 0 aliphatic heterocycles. The molecule has 0 aliphatic rings. The third-order valence-corrected chi connectivity index (χ3v) is 2.74. The highest BCUT2D eigenvalue weighted by Gasteiger charge is 2.10. The molecular formula is C13H24N4O. The van der Waals surface area contributed by atoms with Crippen molar-refractivity contribution < 1.29 is 5.11 Å². The summed E-state index contributed by atoms with van der Waals surface area (Å²) in [6.45, 7) is 8.80. The number of nitrogens with one attached hydrogen (secondary N) is 1. The molecular weight excluding hydrogens is 228 g/mol. The smallest absolute Gasteiger partial charge is 0.144 e. The molecule has 0 fully saturated rings. The molecule has 0 aromatic carbocycles. The molecule has 0 radical (unpaired) electrons. The van der Waals surface area contributed by atoms with Crippen LogP contribution in [-0.4, -0.2) is 45.7 Å². The van der Waals surface area contributed by atoms with E-state index in [1.54, 1.807) is 12.4 Å². The van der Waals surface area contributed by atoms with Crippen LogP contribution >= 0.6 is 0 Å². The van der Waals surface area contributed by atoms with E-state index in [2.05, 4.69) is 41.0 Å². The lowest BCUT2D eigenvalue weighted by Gasteiger charge is -2.24. The summed E-state index contributed by atoms with van der Waals surface area (Å²) in [5, 5.41) is 12.2. The average Bonchev–Trinajstić information content (AvgIpc) is 2.37. The molecule has 1 aromatic rings. The molecule has 2 N–H and O–H groups in total. The van der Waals surface area contributed by atoms with Crippen LogP contribution in [0.3, 0.4) is 0 Å². The van der Waals surface area contributed by atoms with Crippen LogP contribution in [0.25, 0.3) is 0 Å². The van der Waals surface area contributed by atoms with Gasteiger partial charge in [-0.2, -0.15) is 0 Å². The van der Waals surface area contributed by atoms with E-state index in [4.69, 9.17) is 5.11 Å². The van der Waals surface area contributed by atoms with Gasteiger partial charge in [-0.25, -0.2) is 4.98 Å². The highest BCUT2D eigenvalue weighted by Crippen LogP contribution is 2.07. The van der Waals surface area contributed by atoms with Gasteiger partial charge in [0, 0.05) is 25.7 Å². The van der Waals surface area contributed by atoms with Gasteiger partial charge in [-0.3, -0.25) is 9.88 Å². The summed E-state index contributed by atoms with van der Waals surface area (Å²) < 4.78 is 0. The molecule has 5 heteroatoms. The van der Waals surface area contributed by atoms with Crippen LogP contribution in [0.4, 0.5) is 5.82 Å². The van der Waals surface area contributed by atoms with E-state index >= 15 is 0 Å². The average molecular weight is 252 g/mol. The van der Waals surface area contributed by atoms with Crippen LogP contribution in [0.5, 0.6) is 0 Å². The van der Waals surface area contributed by atoms with Gasteiger partial charge in [0.25, 0.3) is 0 Å². The van der Waals surface area contributed by atoms with Gasteiger partial charge in [0.1, 0.15) is 5.82 Å². The van der Waals surface area contributed by atoms with Crippen LogP contribution < -0.4 is 5.32 Å². The van der Waals surface area contributed by atoms with Gasteiger partial charge in [0.2, 0.25) is 0 Å². The Morgan fingerprint density at radius 3 is 2.61 bits per heavy atom. The largest absolute Gasteiger partial charge is 0.395 e. The Hall–Kier alpha value is -1.20. The number of aliphatic hydroxyl groups excluding tert-OH is 1. The Labute approximate surface area is 109 Å². The summed E-state index contributed by atoms with van der Waals surface area (Å²) in [7, 11) is 0. The molecule has 0 amide bonds. The molecule has 1 aromatic heterocycles. The van der Waals surface area contributed by atoms with Crippen LogP contribution in [0, 0.1) is 0 Å². The monoisotopic (exact) mass is 252 g/mol. The van der Waals surface area contributed by atoms with Crippen molar-refractivity contribution in [3.63, 3.8) is 0 Å². The first-order valence-electron chi connectivity index (χ1n) is 6.57. The van der Waals surface area contributed by atoms with E-state index in [0.29, 0.717) is 12.6 Å². The van der Waals surface area contributed by atoms with Crippen LogP contribution in [0.1, 0.15) is 32.9 Å². The normalized spacial score (nSPS) is 11.2. The van der Waals surface area contributed by atoms with Crippen molar-refractivity contribution in [2.45, 2.75) is 39.8 Å². The van der Waals surface area contributed by atoms with Crippen molar-refractivity contribution in [3.8, 4) is 0 Å².